The molecule has 150 valence electrons. The lowest BCUT2D eigenvalue weighted by molar-refractivity contribution is -0.113. The van der Waals surface area contributed by atoms with Crippen molar-refractivity contribution >= 4 is 29.3 Å². The van der Waals surface area contributed by atoms with Crippen molar-refractivity contribution in [2.45, 2.75) is 11.7 Å². The van der Waals surface area contributed by atoms with Gasteiger partial charge >= 0.3 is 0 Å². The number of carbonyl (C=O) groups is 2. The average molecular weight is 413 g/mol. The molecule has 0 unspecified atom stereocenters. The van der Waals surface area contributed by atoms with E-state index >= 15 is 0 Å². The van der Waals surface area contributed by atoms with Gasteiger partial charge in [0.05, 0.1) is 5.75 Å². The van der Waals surface area contributed by atoms with Crippen LogP contribution in [0.25, 0.3) is 0 Å². The first-order chi connectivity index (χ1) is 13.9. The molecule has 29 heavy (non-hydrogen) atoms. The number of halogens is 1. The third-order valence-electron chi connectivity index (χ3n) is 4.11. The lowest BCUT2D eigenvalue weighted by Gasteiger charge is -2.18. The van der Waals surface area contributed by atoms with E-state index in [0.717, 1.165) is 0 Å². The molecule has 0 bridgehead atoms. The summed E-state index contributed by atoms with van der Waals surface area (Å²) in [6.45, 7) is 0.149. The van der Waals surface area contributed by atoms with Crippen LogP contribution in [0.3, 0.4) is 0 Å². The van der Waals surface area contributed by atoms with Crippen LogP contribution in [-0.2, 0) is 18.4 Å². The minimum absolute atomic E-state index is 0.149. The number of nitrogens with zero attached hydrogens (tertiary/aromatic N) is 4. The maximum atomic E-state index is 13.8. The largest absolute Gasteiger partial charge is 0.337 e. The van der Waals surface area contributed by atoms with Gasteiger partial charge in [-0.25, -0.2) is 4.39 Å². The Hall–Kier alpha value is -3.20. The van der Waals surface area contributed by atoms with Crippen molar-refractivity contribution < 1.29 is 14.0 Å². The molecule has 0 aliphatic rings. The first-order valence-corrected chi connectivity index (χ1v) is 9.78. The fourth-order valence-corrected chi connectivity index (χ4v) is 3.32. The summed E-state index contributed by atoms with van der Waals surface area (Å²) in [4.78, 5) is 26.3. The molecular weight excluding hydrogens is 393 g/mol. The third kappa shape index (κ3) is 5.41. The van der Waals surface area contributed by atoms with Crippen LogP contribution >= 0.6 is 11.8 Å². The summed E-state index contributed by atoms with van der Waals surface area (Å²) in [6, 6.07) is 13.0. The molecule has 1 aromatic heterocycles. The molecule has 0 spiro atoms. The number of hydrogen-bond donors (Lipinski definition) is 1. The number of thioether (sulfide) groups is 1. The molecule has 0 atom stereocenters. The molecule has 0 aliphatic heterocycles. The zero-order valence-electron chi connectivity index (χ0n) is 16.0. The normalized spacial score (nSPS) is 10.6. The molecule has 7 nitrogen and oxygen atoms in total. The van der Waals surface area contributed by atoms with Gasteiger partial charge in [-0.3, -0.25) is 9.59 Å². The minimum atomic E-state index is -0.353. The molecule has 0 fully saturated rings. The zero-order valence-corrected chi connectivity index (χ0v) is 16.8. The van der Waals surface area contributed by atoms with Crippen LogP contribution < -0.4 is 5.32 Å². The van der Waals surface area contributed by atoms with Crippen molar-refractivity contribution in [3.05, 3.63) is 71.8 Å². The van der Waals surface area contributed by atoms with E-state index in [1.807, 2.05) is 0 Å². The van der Waals surface area contributed by atoms with Gasteiger partial charge in [-0.05, 0) is 24.3 Å². The lowest BCUT2D eigenvalue weighted by atomic mass is 10.1. The van der Waals surface area contributed by atoms with Gasteiger partial charge < -0.3 is 14.8 Å². The number of hydrogen-bond acceptors (Lipinski definition) is 5. The zero-order chi connectivity index (χ0) is 20.8. The highest BCUT2D eigenvalue weighted by atomic mass is 32.2. The Labute approximate surface area is 171 Å². The number of benzene rings is 2. The van der Waals surface area contributed by atoms with Crippen LogP contribution in [0, 0.1) is 5.82 Å². The van der Waals surface area contributed by atoms with E-state index in [-0.39, 0.29) is 29.9 Å². The maximum Gasteiger partial charge on any atom is 0.253 e. The van der Waals surface area contributed by atoms with Gasteiger partial charge in [0.15, 0.2) is 5.16 Å². The Bertz CT molecular complexity index is 1020. The van der Waals surface area contributed by atoms with Gasteiger partial charge in [0, 0.05) is 37.5 Å². The van der Waals surface area contributed by atoms with Crippen molar-refractivity contribution in [2.24, 2.45) is 7.05 Å². The van der Waals surface area contributed by atoms with Gasteiger partial charge in [0.1, 0.15) is 12.1 Å². The van der Waals surface area contributed by atoms with Gasteiger partial charge in [-0.1, -0.05) is 36.0 Å². The Kier molecular flexibility index (Phi) is 6.61. The van der Waals surface area contributed by atoms with Crippen molar-refractivity contribution in [3.8, 4) is 0 Å². The lowest BCUT2D eigenvalue weighted by Crippen LogP contribution is -2.26. The summed E-state index contributed by atoms with van der Waals surface area (Å²) in [6.07, 6.45) is 1.56. The van der Waals surface area contributed by atoms with Crippen molar-refractivity contribution in [1.82, 2.24) is 19.7 Å². The molecule has 0 radical (unpaired) electrons. The second kappa shape index (κ2) is 9.33. The molecule has 1 heterocycles. The van der Waals surface area contributed by atoms with Gasteiger partial charge in [0.25, 0.3) is 5.91 Å². The van der Waals surface area contributed by atoms with Crippen LogP contribution in [0.1, 0.15) is 15.9 Å². The first-order valence-electron chi connectivity index (χ1n) is 8.79. The van der Waals surface area contributed by atoms with Crippen molar-refractivity contribution in [3.63, 3.8) is 0 Å². The van der Waals surface area contributed by atoms with E-state index < -0.39 is 0 Å². The molecule has 0 saturated heterocycles. The number of anilines is 1. The van der Waals surface area contributed by atoms with E-state index in [1.165, 1.54) is 22.7 Å². The second-order valence-electron chi connectivity index (χ2n) is 6.39. The van der Waals surface area contributed by atoms with E-state index in [2.05, 4.69) is 15.5 Å². The summed E-state index contributed by atoms with van der Waals surface area (Å²) in [5, 5.41) is 11.1. The molecule has 1 N–H and O–H groups in total. The van der Waals surface area contributed by atoms with E-state index in [1.54, 1.807) is 67.5 Å². The van der Waals surface area contributed by atoms with Crippen LogP contribution in [0.5, 0.6) is 0 Å². The summed E-state index contributed by atoms with van der Waals surface area (Å²) in [5.41, 5.74) is 1.36. The molecule has 0 saturated carbocycles. The Morgan fingerprint density at radius 1 is 1.21 bits per heavy atom. The second-order valence-corrected chi connectivity index (χ2v) is 7.34. The predicted molar refractivity (Wildman–Crippen MR) is 109 cm³/mol. The van der Waals surface area contributed by atoms with Gasteiger partial charge in [-0.15, -0.1) is 10.2 Å². The minimum Gasteiger partial charge on any atom is -0.337 e. The summed E-state index contributed by atoms with van der Waals surface area (Å²) < 4.78 is 15.6. The molecule has 0 aliphatic carbocycles. The maximum absolute atomic E-state index is 13.8. The monoisotopic (exact) mass is 413 g/mol. The van der Waals surface area contributed by atoms with Crippen LogP contribution in [0.4, 0.5) is 10.1 Å². The number of carbonyl (C=O) groups excluding carboxylic acids is 2. The van der Waals surface area contributed by atoms with E-state index in [4.69, 9.17) is 0 Å². The Morgan fingerprint density at radius 2 is 2.00 bits per heavy atom. The number of aryl methyl sites for hydroxylation is 1. The van der Waals surface area contributed by atoms with Crippen molar-refractivity contribution in [1.29, 1.82) is 0 Å². The highest BCUT2D eigenvalue weighted by Gasteiger charge is 2.15. The molecule has 3 aromatic rings. The topological polar surface area (TPSA) is 80.1 Å². The van der Waals surface area contributed by atoms with E-state index in [9.17, 15) is 14.0 Å². The fourth-order valence-electron chi connectivity index (χ4n) is 2.63. The number of aromatic nitrogens is 3. The first kappa shape index (κ1) is 20.5. The van der Waals surface area contributed by atoms with Gasteiger partial charge in [-0.2, -0.15) is 0 Å². The smallest absolute Gasteiger partial charge is 0.253 e. The number of rotatable bonds is 7. The fraction of sp³-hybridized carbons (Fsp3) is 0.200. The summed E-state index contributed by atoms with van der Waals surface area (Å²) in [5.74, 6) is -0.675. The Balaban J connectivity index is 1.60. The van der Waals surface area contributed by atoms with Crippen LogP contribution in [0.15, 0.2) is 60.0 Å². The average Bonchev–Trinajstić information content (AvgIpc) is 3.12. The molecule has 3 rings (SSSR count). The quantitative estimate of drug-likeness (QED) is 0.603. The third-order valence-corrected chi connectivity index (χ3v) is 5.14. The van der Waals surface area contributed by atoms with Crippen molar-refractivity contribution in [2.75, 3.05) is 18.1 Å². The summed E-state index contributed by atoms with van der Waals surface area (Å²) >= 11 is 1.27. The summed E-state index contributed by atoms with van der Waals surface area (Å²) in [7, 11) is 3.41. The highest BCUT2D eigenvalue weighted by molar-refractivity contribution is 7.99. The number of amides is 2. The van der Waals surface area contributed by atoms with Gasteiger partial charge in [0.2, 0.25) is 5.91 Å². The highest BCUT2D eigenvalue weighted by Crippen LogP contribution is 2.17. The van der Waals surface area contributed by atoms with E-state index in [0.29, 0.717) is 22.0 Å². The number of nitrogens with one attached hydrogen (secondary N) is 1. The molecule has 9 heteroatoms. The predicted octanol–water partition coefficient (Wildman–Crippen LogP) is 2.96. The SMILES string of the molecule is CN(Cc1ccccc1F)C(=O)c1cccc(NC(=O)CSc2nncn2C)c1. The molecule has 2 amide bonds. The molecular formula is C20H20FN5O2S. The standard InChI is InChI=1S/C20H20FN5O2S/c1-25(11-15-6-3-4-9-17(15)21)19(28)14-7-5-8-16(10-14)23-18(27)12-29-20-24-22-13-26(20)2/h3-10,13H,11-12H2,1-2H3,(H,23,27). The molecule has 2 aromatic carbocycles. The van der Waals surface area contributed by atoms with Crippen LogP contribution in [-0.4, -0.2) is 44.3 Å². The van der Waals surface area contributed by atoms with Crippen LogP contribution in [0.2, 0.25) is 0 Å². The Morgan fingerprint density at radius 3 is 2.72 bits per heavy atom.